The van der Waals surface area contributed by atoms with Crippen molar-refractivity contribution in [2.24, 2.45) is 4.99 Å². The third kappa shape index (κ3) is 6.33. The van der Waals surface area contributed by atoms with Crippen molar-refractivity contribution in [3.8, 4) is 5.75 Å². The summed E-state index contributed by atoms with van der Waals surface area (Å²) in [4.78, 5) is 6.27. The van der Waals surface area contributed by atoms with Crippen molar-refractivity contribution in [2.75, 3.05) is 13.6 Å². The highest BCUT2D eigenvalue weighted by atomic mass is 35.5. The van der Waals surface area contributed by atoms with Gasteiger partial charge in [0, 0.05) is 13.6 Å². The van der Waals surface area contributed by atoms with E-state index < -0.39 is 12.1 Å². The summed E-state index contributed by atoms with van der Waals surface area (Å²) in [7, 11) is 1.90. The maximum atomic E-state index is 12.5. The van der Waals surface area contributed by atoms with Crippen molar-refractivity contribution < 1.29 is 17.9 Å². The van der Waals surface area contributed by atoms with E-state index in [1.165, 1.54) is 12.1 Å². The molecule has 0 spiro atoms. The minimum atomic E-state index is -4.80. The number of aryl methyl sites for hydroxylation is 1. The first-order chi connectivity index (χ1) is 12.6. The first kappa shape index (κ1) is 21.4. The molecule has 146 valence electrons. The predicted molar refractivity (Wildman–Crippen MR) is 104 cm³/mol. The van der Waals surface area contributed by atoms with Crippen LogP contribution in [0.5, 0.6) is 5.75 Å². The Morgan fingerprint density at radius 1 is 1.15 bits per heavy atom. The van der Waals surface area contributed by atoms with Gasteiger partial charge in [0.2, 0.25) is 0 Å². The summed E-state index contributed by atoms with van der Waals surface area (Å²) in [6.45, 7) is 4.72. The Bertz CT molecular complexity index is 838. The molecule has 3 nitrogen and oxygen atoms in total. The highest BCUT2D eigenvalue weighted by molar-refractivity contribution is 6.33. The van der Waals surface area contributed by atoms with Crippen LogP contribution in [0.15, 0.2) is 35.3 Å². The Hall–Kier alpha value is -1.92. The van der Waals surface area contributed by atoms with Gasteiger partial charge in [0.1, 0.15) is 5.75 Å². The van der Waals surface area contributed by atoms with Gasteiger partial charge in [0.15, 0.2) is 0 Å². The van der Waals surface area contributed by atoms with Crippen molar-refractivity contribution in [3.05, 3.63) is 57.1 Å². The molecule has 27 heavy (non-hydrogen) atoms. The first-order valence-corrected chi connectivity index (χ1v) is 8.92. The molecule has 2 aromatic rings. The topological polar surface area (TPSA) is 24.8 Å². The van der Waals surface area contributed by atoms with Crippen LogP contribution in [-0.2, 0) is 6.42 Å². The number of benzene rings is 2. The summed E-state index contributed by atoms with van der Waals surface area (Å²) in [6, 6.07) is 7.94. The van der Waals surface area contributed by atoms with Crippen molar-refractivity contribution in [3.63, 3.8) is 0 Å². The Kier molecular flexibility index (Phi) is 7.00. The second-order valence-corrected chi connectivity index (χ2v) is 6.85. The SMILES string of the molecule is CCN(C)C=Nc1cc(C)c(Cc2ccc(Cl)c(OC(F)(F)F)c2)cc1Cl. The van der Waals surface area contributed by atoms with Gasteiger partial charge in [-0.15, -0.1) is 13.2 Å². The number of hydrogen-bond donors (Lipinski definition) is 0. The van der Waals surface area contributed by atoms with Crippen LogP contribution in [0.1, 0.15) is 23.6 Å². The van der Waals surface area contributed by atoms with E-state index in [2.05, 4.69) is 9.73 Å². The van der Waals surface area contributed by atoms with Gasteiger partial charge in [-0.3, -0.25) is 0 Å². The van der Waals surface area contributed by atoms with E-state index in [4.69, 9.17) is 23.2 Å². The van der Waals surface area contributed by atoms with Gasteiger partial charge in [0.05, 0.1) is 22.1 Å². The third-order valence-corrected chi connectivity index (χ3v) is 4.53. The van der Waals surface area contributed by atoms with Crippen molar-refractivity contribution in [1.29, 1.82) is 0 Å². The van der Waals surface area contributed by atoms with Crippen LogP contribution in [0, 0.1) is 6.92 Å². The molecule has 0 aliphatic rings. The highest BCUT2D eigenvalue weighted by Crippen LogP contribution is 2.33. The maximum absolute atomic E-state index is 12.5. The lowest BCUT2D eigenvalue weighted by Crippen LogP contribution is -2.17. The summed E-state index contributed by atoms with van der Waals surface area (Å²) < 4.78 is 41.4. The van der Waals surface area contributed by atoms with Crippen LogP contribution in [0.3, 0.4) is 0 Å². The second kappa shape index (κ2) is 8.85. The Labute approximate surface area is 166 Å². The Balaban J connectivity index is 2.26. The number of rotatable bonds is 6. The van der Waals surface area contributed by atoms with Crippen LogP contribution in [0.2, 0.25) is 10.0 Å². The molecule has 0 heterocycles. The highest BCUT2D eigenvalue weighted by Gasteiger charge is 2.32. The van der Waals surface area contributed by atoms with E-state index in [0.717, 1.165) is 17.7 Å². The summed E-state index contributed by atoms with van der Waals surface area (Å²) in [5.74, 6) is -0.422. The van der Waals surface area contributed by atoms with Crippen molar-refractivity contribution in [1.82, 2.24) is 4.90 Å². The average molecular weight is 419 g/mol. The maximum Gasteiger partial charge on any atom is 0.573 e. The molecule has 0 saturated carbocycles. The number of ether oxygens (including phenoxy) is 1. The predicted octanol–water partition coefficient (Wildman–Crippen LogP) is 6.40. The zero-order valence-corrected chi connectivity index (χ0v) is 16.6. The molecule has 0 N–H and O–H groups in total. The lowest BCUT2D eigenvalue weighted by molar-refractivity contribution is -0.274. The molecule has 2 rings (SSSR count). The van der Waals surface area contributed by atoms with Crippen molar-refractivity contribution >= 4 is 35.2 Å². The van der Waals surface area contributed by atoms with Gasteiger partial charge in [-0.1, -0.05) is 29.3 Å². The standard InChI is InChI=1S/C19H19Cl2F3N2O/c1-4-26(3)11-25-17-7-12(2)14(10-16(17)21)8-13-5-6-15(20)18(9-13)27-19(22,23)24/h5-7,9-11H,4,8H2,1-3H3. The van der Waals surface area contributed by atoms with E-state index >= 15 is 0 Å². The van der Waals surface area contributed by atoms with Crippen LogP contribution in [0.25, 0.3) is 0 Å². The van der Waals surface area contributed by atoms with E-state index in [-0.39, 0.29) is 5.02 Å². The number of alkyl halides is 3. The van der Waals surface area contributed by atoms with E-state index in [1.54, 1.807) is 18.5 Å². The molecule has 0 aliphatic carbocycles. The molecule has 0 saturated heterocycles. The monoisotopic (exact) mass is 418 g/mol. The molecular formula is C19H19Cl2F3N2O. The smallest absolute Gasteiger partial charge is 0.404 e. The summed E-state index contributed by atoms with van der Waals surface area (Å²) >= 11 is 12.1. The molecule has 0 bridgehead atoms. The second-order valence-electron chi connectivity index (χ2n) is 6.04. The van der Waals surface area contributed by atoms with Gasteiger partial charge in [-0.05, 0) is 61.2 Å². The van der Waals surface area contributed by atoms with Gasteiger partial charge < -0.3 is 9.64 Å². The number of hydrogen-bond acceptors (Lipinski definition) is 2. The largest absolute Gasteiger partial charge is 0.573 e. The molecule has 2 aromatic carbocycles. The van der Waals surface area contributed by atoms with Gasteiger partial charge in [-0.25, -0.2) is 4.99 Å². The molecule has 0 fully saturated rings. The molecule has 0 radical (unpaired) electrons. The fraction of sp³-hybridized carbons (Fsp3) is 0.316. The summed E-state index contributed by atoms with van der Waals surface area (Å²) in [5, 5.41) is 0.368. The van der Waals surface area contributed by atoms with Crippen LogP contribution >= 0.6 is 23.2 Å². The normalized spacial score (nSPS) is 11.9. The van der Waals surface area contributed by atoms with Crippen molar-refractivity contribution in [2.45, 2.75) is 26.6 Å². The summed E-state index contributed by atoms with van der Waals surface area (Å²) in [5.41, 5.74) is 3.07. The lowest BCUT2D eigenvalue weighted by atomic mass is 10.00. The molecular weight excluding hydrogens is 400 g/mol. The molecule has 8 heteroatoms. The fourth-order valence-corrected chi connectivity index (χ4v) is 2.71. The van der Waals surface area contributed by atoms with Crippen LogP contribution < -0.4 is 4.74 Å². The molecule has 0 unspecified atom stereocenters. The van der Waals surface area contributed by atoms with Crippen LogP contribution in [-0.4, -0.2) is 31.2 Å². The number of nitrogens with zero attached hydrogens (tertiary/aromatic N) is 2. The van der Waals surface area contributed by atoms with E-state index in [1.807, 2.05) is 31.9 Å². The average Bonchev–Trinajstić information content (AvgIpc) is 2.58. The Morgan fingerprint density at radius 2 is 1.85 bits per heavy atom. The molecule has 0 aromatic heterocycles. The lowest BCUT2D eigenvalue weighted by Gasteiger charge is -2.13. The molecule has 0 atom stereocenters. The minimum Gasteiger partial charge on any atom is -0.404 e. The summed E-state index contributed by atoms with van der Waals surface area (Å²) in [6.07, 6.45) is -2.72. The van der Waals surface area contributed by atoms with Crippen LogP contribution in [0.4, 0.5) is 18.9 Å². The zero-order chi connectivity index (χ0) is 20.2. The first-order valence-electron chi connectivity index (χ1n) is 8.16. The quantitative estimate of drug-likeness (QED) is 0.400. The molecule has 0 amide bonds. The third-order valence-electron chi connectivity index (χ3n) is 3.91. The van der Waals surface area contributed by atoms with Gasteiger partial charge in [0.25, 0.3) is 0 Å². The number of aliphatic imine (C=N–C) groups is 1. The van der Waals surface area contributed by atoms with Gasteiger partial charge in [-0.2, -0.15) is 0 Å². The number of halogens is 5. The van der Waals surface area contributed by atoms with E-state index in [9.17, 15) is 13.2 Å². The minimum absolute atomic E-state index is 0.101. The Morgan fingerprint density at radius 3 is 2.48 bits per heavy atom. The van der Waals surface area contributed by atoms with Gasteiger partial charge >= 0.3 is 6.36 Å². The fourth-order valence-electron chi connectivity index (χ4n) is 2.32. The molecule has 0 aliphatic heterocycles. The van der Waals surface area contributed by atoms with E-state index in [0.29, 0.717) is 22.7 Å². The zero-order valence-electron chi connectivity index (χ0n) is 15.1.